The SMILES string of the molecule is CC(C)(N)CCNc1ccc(Cl)c2cccnc12. The molecule has 1 aromatic carbocycles. The normalized spacial score (nSPS) is 11.8. The molecule has 3 nitrogen and oxygen atoms in total. The molecule has 0 fully saturated rings. The predicted octanol–water partition coefficient (Wildman–Crippen LogP) is 3.43. The molecule has 0 aliphatic carbocycles. The minimum absolute atomic E-state index is 0.164. The Kier molecular flexibility index (Phi) is 3.73. The van der Waals surface area contributed by atoms with Crippen LogP contribution in [0.2, 0.25) is 5.02 Å². The van der Waals surface area contributed by atoms with Crippen molar-refractivity contribution < 1.29 is 0 Å². The average Bonchev–Trinajstić information content (AvgIpc) is 2.31. The number of hydrogen-bond donors (Lipinski definition) is 2. The zero-order chi connectivity index (χ0) is 13.2. The van der Waals surface area contributed by atoms with Crippen LogP contribution in [-0.4, -0.2) is 17.1 Å². The van der Waals surface area contributed by atoms with Gasteiger partial charge in [-0.2, -0.15) is 0 Å². The van der Waals surface area contributed by atoms with Crippen molar-refractivity contribution in [3.63, 3.8) is 0 Å². The van der Waals surface area contributed by atoms with E-state index in [1.165, 1.54) is 0 Å². The first-order chi connectivity index (χ1) is 8.47. The number of halogens is 1. The van der Waals surface area contributed by atoms with Crippen LogP contribution in [0.25, 0.3) is 10.9 Å². The number of benzene rings is 1. The van der Waals surface area contributed by atoms with E-state index in [1.54, 1.807) is 6.20 Å². The smallest absolute Gasteiger partial charge is 0.0948 e. The van der Waals surface area contributed by atoms with E-state index in [1.807, 2.05) is 38.1 Å². The van der Waals surface area contributed by atoms with E-state index in [0.717, 1.165) is 34.6 Å². The van der Waals surface area contributed by atoms with Gasteiger partial charge in [0.2, 0.25) is 0 Å². The van der Waals surface area contributed by atoms with Crippen LogP contribution < -0.4 is 11.1 Å². The average molecular weight is 264 g/mol. The van der Waals surface area contributed by atoms with Crippen molar-refractivity contribution in [2.75, 3.05) is 11.9 Å². The molecule has 0 atom stereocenters. The van der Waals surface area contributed by atoms with Crippen LogP contribution >= 0.6 is 11.6 Å². The Morgan fingerprint density at radius 1 is 1.33 bits per heavy atom. The zero-order valence-corrected chi connectivity index (χ0v) is 11.5. The molecule has 0 aliphatic rings. The van der Waals surface area contributed by atoms with E-state index in [9.17, 15) is 0 Å². The van der Waals surface area contributed by atoms with Crippen molar-refractivity contribution >= 4 is 28.2 Å². The van der Waals surface area contributed by atoms with Gasteiger partial charge in [-0.25, -0.2) is 0 Å². The Hall–Kier alpha value is -1.32. The largest absolute Gasteiger partial charge is 0.383 e. The minimum atomic E-state index is -0.164. The van der Waals surface area contributed by atoms with Crippen molar-refractivity contribution in [1.82, 2.24) is 4.98 Å². The third-order valence-electron chi connectivity index (χ3n) is 2.80. The van der Waals surface area contributed by atoms with Crippen molar-refractivity contribution in [3.8, 4) is 0 Å². The first-order valence-corrected chi connectivity index (χ1v) is 6.41. The van der Waals surface area contributed by atoms with Gasteiger partial charge in [0, 0.05) is 23.7 Å². The van der Waals surface area contributed by atoms with E-state index in [4.69, 9.17) is 17.3 Å². The zero-order valence-electron chi connectivity index (χ0n) is 10.7. The van der Waals surface area contributed by atoms with Crippen LogP contribution in [0.3, 0.4) is 0 Å². The van der Waals surface area contributed by atoms with Gasteiger partial charge in [-0.05, 0) is 44.5 Å². The molecule has 0 saturated heterocycles. The van der Waals surface area contributed by atoms with Gasteiger partial charge in [-0.1, -0.05) is 11.6 Å². The van der Waals surface area contributed by atoms with Crippen molar-refractivity contribution in [2.45, 2.75) is 25.8 Å². The molecule has 0 unspecified atom stereocenters. The molecule has 1 aromatic heterocycles. The fourth-order valence-corrected chi connectivity index (χ4v) is 2.02. The number of nitrogens with two attached hydrogens (primary N) is 1. The van der Waals surface area contributed by atoms with Crippen LogP contribution in [0.4, 0.5) is 5.69 Å². The highest BCUT2D eigenvalue weighted by molar-refractivity contribution is 6.35. The van der Waals surface area contributed by atoms with Gasteiger partial charge in [-0.3, -0.25) is 4.98 Å². The number of aromatic nitrogens is 1. The first-order valence-electron chi connectivity index (χ1n) is 6.03. The van der Waals surface area contributed by atoms with Crippen LogP contribution in [-0.2, 0) is 0 Å². The summed E-state index contributed by atoms with van der Waals surface area (Å²) in [6, 6.07) is 7.71. The van der Waals surface area contributed by atoms with E-state index in [0.29, 0.717) is 0 Å². The van der Waals surface area contributed by atoms with E-state index < -0.39 is 0 Å². The molecule has 0 amide bonds. The summed E-state index contributed by atoms with van der Waals surface area (Å²) in [5.41, 5.74) is 7.70. The highest BCUT2D eigenvalue weighted by Gasteiger charge is 2.10. The number of nitrogens with one attached hydrogen (secondary N) is 1. The Morgan fingerprint density at radius 2 is 2.11 bits per heavy atom. The van der Waals surface area contributed by atoms with Crippen molar-refractivity contribution in [2.24, 2.45) is 5.73 Å². The molecular weight excluding hydrogens is 246 g/mol. The topological polar surface area (TPSA) is 50.9 Å². The van der Waals surface area contributed by atoms with Crippen LogP contribution in [0.15, 0.2) is 30.5 Å². The van der Waals surface area contributed by atoms with Gasteiger partial charge in [-0.15, -0.1) is 0 Å². The number of pyridine rings is 1. The van der Waals surface area contributed by atoms with Gasteiger partial charge in [0.1, 0.15) is 0 Å². The summed E-state index contributed by atoms with van der Waals surface area (Å²) < 4.78 is 0. The number of rotatable bonds is 4. The number of fused-ring (bicyclic) bond motifs is 1. The Balaban J connectivity index is 2.21. The monoisotopic (exact) mass is 263 g/mol. The molecule has 2 rings (SSSR count). The fourth-order valence-electron chi connectivity index (χ4n) is 1.80. The Bertz CT molecular complexity index is 546. The minimum Gasteiger partial charge on any atom is -0.383 e. The Labute approximate surface area is 112 Å². The summed E-state index contributed by atoms with van der Waals surface area (Å²) in [7, 11) is 0. The second kappa shape index (κ2) is 5.12. The lowest BCUT2D eigenvalue weighted by Gasteiger charge is -2.19. The predicted molar refractivity (Wildman–Crippen MR) is 78.1 cm³/mol. The molecule has 96 valence electrons. The van der Waals surface area contributed by atoms with Gasteiger partial charge in [0.15, 0.2) is 0 Å². The molecule has 0 saturated carbocycles. The summed E-state index contributed by atoms with van der Waals surface area (Å²) in [5.74, 6) is 0. The highest BCUT2D eigenvalue weighted by Crippen LogP contribution is 2.27. The summed E-state index contributed by atoms with van der Waals surface area (Å²) in [6.45, 7) is 4.86. The summed E-state index contributed by atoms with van der Waals surface area (Å²) in [4.78, 5) is 4.38. The maximum atomic E-state index is 6.15. The lowest BCUT2D eigenvalue weighted by Crippen LogP contribution is -2.34. The first kappa shape index (κ1) is 13.1. The molecule has 0 bridgehead atoms. The van der Waals surface area contributed by atoms with E-state index in [-0.39, 0.29) is 5.54 Å². The molecule has 3 N–H and O–H groups in total. The quantitative estimate of drug-likeness (QED) is 0.889. The number of anilines is 1. The fraction of sp³-hybridized carbons (Fsp3) is 0.357. The van der Waals surface area contributed by atoms with Crippen LogP contribution in [0.5, 0.6) is 0 Å². The van der Waals surface area contributed by atoms with Gasteiger partial charge in [0.25, 0.3) is 0 Å². The second-order valence-corrected chi connectivity index (χ2v) is 5.57. The second-order valence-electron chi connectivity index (χ2n) is 5.16. The van der Waals surface area contributed by atoms with Gasteiger partial charge >= 0.3 is 0 Å². The maximum Gasteiger partial charge on any atom is 0.0948 e. The third kappa shape index (κ3) is 3.12. The summed E-state index contributed by atoms with van der Waals surface area (Å²) in [6.07, 6.45) is 2.67. The lowest BCUT2D eigenvalue weighted by molar-refractivity contribution is 0.491. The maximum absolute atomic E-state index is 6.15. The van der Waals surface area contributed by atoms with Crippen molar-refractivity contribution in [1.29, 1.82) is 0 Å². The van der Waals surface area contributed by atoms with Crippen LogP contribution in [0, 0.1) is 0 Å². The van der Waals surface area contributed by atoms with Gasteiger partial charge < -0.3 is 11.1 Å². The molecular formula is C14H18ClN3. The number of hydrogen-bond acceptors (Lipinski definition) is 3. The van der Waals surface area contributed by atoms with E-state index >= 15 is 0 Å². The molecule has 0 aliphatic heterocycles. The summed E-state index contributed by atoms with van der Waals surface area (Å²) in [5, 5.41) is 5.06. The lowest BCUT2D eigenvalue weighted by atomic mass is 10.0. The molecule has 0 spiro atoms. The number of nitrogens with zero attached hydrogens (tertiary/aromatic N) is 1. The summed E-state index contributed by atoms with van der Waals surface area (Å²) >= 11 is 6.15. The molecule has 0 radical (unpaired) electrons. The molecule has 2 aromatic rings. The molecule has 18 heavy (non-hydrogen) atoms. The Morgan fingerprint density at radius 3 is 2.83 bits per heavy atom. The van der Waals surface area contributed by atoms with E-state index in [2.05, 4.69) is 10.3 Å². The molecule has 1 heterocycles. The van der Waals surface area contributed by atoms with Crippen molar-refractivity contribution in [3.05, 3.63) is 35.5 Å². The van der Waals surface area contributed by atoms with Gasteiger partial charge in [0.05, 0.1) is 16.2 Å². The standard InChI is InChI=1S/C14H18ClN3/c1-14(2,16)7-9-17-12-6-5-11(15)10-4-3-8-18-13(10)12/h3-6,8,17H,7,9,16H2,1-2H3. The van der Waals surface area contributed by atoms with Crippen LogP contribution in [0.1, 0.15) is 20.3 Å². The third-order valence-corrected chi connectivity index (χ3v) is 3.13. The highest BCUT2D eigenvalue weighted by atomic mass is 35.5. The molecule has 4 heteroatoms.